The molecule has 0 aliphatic carbocycles. The summed E-state index contributed by atoms with van der Waals surface area (Å²) < 4.78 is 50.6. The molecule has 2 N–H and O–H groups in total. The van der Waals surface area contributed by atoms with E-state index in [0.717, 1.165) is 38.4 Å². The summed E-state index contributed by atoms with van der Waals surface area (Å²) in [6.07, 6.45) is -3.49. The zero-order valence-corrected chi connectivity index (χ0v) is 17.3. The number of piperazine rings is 1. The lowest BCUT2D eigenvalue weighted by atomic mass is 10.2. The zero-order valence-electron chi connectivity index (χ0n) is 17.3. The molecule has 2 saturated heterocycles. The molecule has 6 nitrogen and oxygen atoms in total. The lowest BCUT2D eigenvalue weighted by molar-refractivity contribution is -0.143. The number of halogens is 4. The van der Waals surface area contributed by atoms with Gasteiger partial charge in [0.1, 0.15) is 5.82 Å². The first kappa shape index (κ1) is 22.6. The first-order valence-electron chi connectivity index (χ1n) is 10.3. The number of likely N-dealkylation sites (tertiary alicyclic amines) is 1. The van der Waals surface area contributed by atoms with E-state index < -0.39 is 12.7 Å². The molecular formula is C20H30F4N6. The molecule has 10 heteroatoms. The molecule has 2 aliphatic heterocycles. The number of nitrogens with zero attached hydrogens (tertiary/aromatic N) is 4. The van der Waals surface area contributed by atoms with Crippen LogP contribution in [0.4, 0.5) is 23.2 Å². The standard InChI is InChI=1S/C20H30F4N6/c1-25-19(27-17-6-8-29(14-17)15-20(22,23)24)26-7-9-28-10-12-30(13-11-28)18-4-2-16(21)3-5-18/h2-5,17H,6-15H2,1H3,(H2,25,26,27). The lowest BCUT2D eigenvalue weighted by Gasteiger charge is -2.36. The molecule has 0 radical (unpaired) electrons. The van der Waals surface area contributed by atoms with E-state index in [1.165, 1.54) is 17.0 Å². The Morgan fingerprint density at radius 3 is 2.40 bits per heavy atom. The minimum Gasteiger partial charge on any atom is -0.369 e. The highest BCUT2D eigenvalue weighted by Crippen LogP contribution is 2.20. The molecule has 1 aromatic carbocycles. The third kappa shape index (κ3) is 7.02. The number of rotatable bonds is 6. The molecule has 3 rings (SSSR count). The fraction of sp³-hybridized carbons (Fsp3) is 0.650. The van der Waals surface area contributed by atoms with E-state index in [1.807, 2.05) is 0 Å². The van der Waals surface area contributed by atoms with Gasteiger partial charge in [0.25, 0.3) is 0 Å². The molecule has 1 aromatic rings. The second kappa shape index (κ2) is 10.3. The SMILES string of the molecule is CN=C(NCCN1CCN(c2ccc(F)cc2)CC1)NC1CCN(CC(F)(F)F)C1. The Kier molecular flexibility index (Phi) is 7.76. The van der Waals surface area contributed by atoms with Crippen molar-refractivity contribution in [1.82, 2.24) is 20.4 Å². The maximum Gasteiger partial charge on any atom is 0.401 e. The minimum absolute atomic E-state index is 0.0298. The summed E-state index contributed by atoms with van der Waals surface area (Å²) >= 11 is 0. The molecule has 1 unspecified atom stereocenters. The number of anilines is 1. The zero-order chi connectivity index (χ0) is 21.6. The van der Waals surface area contributed by atoms with Crippen LogP contribution in [0.15, 0.2) is 29.3 Å². The number of hydrogen-bond acceptors (Lipinski definition) is 4. The van der Waals surface area contributed by atoms with Gasteiger partial charge in [-0.15, -0.1) is 0 Å². The minimum atomic E-state index is -4.16. The number of aliphatic imine (C=N–C) groups is 1. The third-order valence-corrected chi connectivity index (χ3v) is 5.52. The highest BCUT2D eigenvalue weighted by atomic mass is 19.4. The normalized spacial score (nSPS) is 21.8. The van der Waals surface area contributed by atoms with Gasteiger partial charge in [-0.25, -0.2) is 4.39 Å². The number of guanidine groups is 1. The summed E-state index contributed by atoms with van der Waals surface area (Å²) in [5.74, 6) is 0.398. The summed E-state index contributed by atoms with van der Waals surface area (Å²) in [5.41, 5.74) is 1.04. The maximum atomic E-state index is 13.1. The van der Waals surface area contributed by atoms with Crippen molar-refractivity contribution in [2.75, 3.05) is 70.9 Å². The monoisotopic (exact) mass is 430 g/mol. The average Bonchev–Trinajstić information content (AvgIpc) is 3.13. The van der Waals surface area contributed by atoms with E-state index in [2.05, 4.69) is 25.4 Å². The van der Waals surface area contributed by atoms with E-state index in [-0.39, 0.29) is 11.9 Å². The van der Waals surface area contributed by atoms with E-state index >= 15 is 0 Å². The number of alkyl halides is 3. The smallest absolute Gasteiger partial charge is 0.369 e. The van der Waals surface area contributed by atoms with Gasteiger partial charge in [-0.05, 0) is 30.7 Å². The number of benzene rings is 1. The Hall–Kier alpha value is -2.07. The van der Waals surface area contributed by atoms with Crippen LogP contribution >= 0.6 is 0 Å². The lowest BCUT2D eigenvalue weighted by Crippen LogP contribution is -2.50. The highest BCUT2D eigenvalue weighted by molar-refractivity contribution is 5.80. The summed E-state index contributed by atoms with van der Waals surface area (Å²) in [6.45, 7) is 5.10. The Morgan fingerprint density at radius 1 is 1.07 bits per heavy atom. The van der Waals surface area contributed by atoms with Gasteiger partial charge in [0.05, 0.1) is 6.54 Å². The van der Waals surface area contributed by atoms with Crippen molar-refractivity contribution >= 4 is 11.6 Å². The van der Waals surface area contributed by atoms with Crippen LogP contribution in [-0.4, -0.2) is 93.9 Å². The van der Waals surface area contributed by atoms with Crippen molar-refractivity contribution < 1.29 is 17.6 Å². The van der Waals surface area contributed by atoms with Gasteiger partial charge in [-0.3, -0.25) is 14.8 Å². The van der Waals surface area contributed by atoms with Crippen molar-refractivity contribution in [2.24, 2.45) is 4.99 Å². The van der Waals surface area contributed by atoms with Crippen LogP contribution in [-0.2, 0) is 0 Å². The Bertz CT molecular complexity index is 686. The summed E-state index contributed by atoms with van der Waals surface area (Å²) in [6, 6.07) is 6.55. The van der Waals surface area contributed by atoms with Crippen molar-refractivity contribution in [3.63, 3.8) is 0 Å². The number of nitrogens with one attached hydrogen (secondary N) is 2. The molecular weight excluding hydrogens is 400 g/mol. The van der Waals surface area contributed by atoms with Crippen molar-refractivity contribution in [3.05, 3.63) is 30.1 Å². The van der Waals surface area contributed by atoms with Gasteiger partial charge in [0.15, 0.2) is 5.96 Å². The van der Waals surface area contributed by atoms with Crippen LogP contribution in [0, 0.1) is 5.82 Å². The molecule has 0 aromatic heterocycles. The topological polar surface area (TPSA) is 46.1 Å². The average molecular weight is 430 g/mol. The van der Waals surface area contributed by atoms with Gasteiger partial charge >= 0.3 is 6.18 Å². The van der Waals surface area contributed by atoms with Crippen LogP contribution in [0.2, 0.25) is 0 Å². The molecule has 168 valence electrons. The predicted molar refractivity (Wildman–Crippen MR) is 110 cm³/mol. The molecule has 2 fully saturated rings. The van der Waals surface area contributed by atoms with Crippen molar-refractivity contribution in [1.29, 1.82) is 0 Å². The molecule has 0 spiro atoms. The van der Waals surface area contributed by atoms with Crippen LogP contribution in [0.25, 0.3) is 0 Å². The van der Waals surface area contributed by atoms with Gasteiger partial charge in [0, 0.05) is 71.1 Å². The van der Waals surface area contributed by atoms with Gasteiger partial charge < -0.3 is 15.5 Å². The molecule has 0 amide bonds. The Balaban J connectivity index is 1.33. The fourth-order valence-electron chi connectivity index (χ4n) is 3.95. The second-order valence-electron chi connectivity index (χ2n) is 7.78. The Labute approximate surface area is 174 Å². The fourth-order valence-corrected chi connectivity index (χ4v) is 3.95. The van der Waals surface area contributed by atoms with Crippen LogP contribution < -0.4 is 15.5 Å². The molecule has 30 heavy (non-hydrogen) atoms. The molecule has 0 saturated carbocycles. The van der Waals surface area contributed by atoms with E-state index in [0.29, 0.717) is 32.0 Å². The van der Waals surface area contributed by atoms with Crippen LogP contribution in [0.3, 0.4) is 0 Å². The summed E-state index contributed by atoms with van der Waals surface area (Å²) in [7, 11) is 1.67. The quantitative estimate of drug-likeness (QED) is 0.409. The highest BCUT2D eigenvalue weighted by Gasteiger charge is 2.34. The molecule has 1 atom stereocenters. The van der Waals surface area contributed by atoms with Crippen molar-refractivity contribution in [2.45, 2.75) is 18.6 Å². The largest absolute Gasteiger partial charge is 0.401 e. The van der Waals surface area contributed by atoms with Crippen LogP contribution in [0.1, 0.15) is 6.42 Å². The Morgan fingerprint density at radius 2 is 1.77 bits per heavy atom. The molecule has 2 aliphatic rings. The second-order valence-corrected chi connectivity index (χ2v) is 7.78. The van der Waals surface area contributed by atoms with E-state index in [4.69, 9.17) is 0 Å². The van der Waals surface area contributed by atoms with Gasteiger partial charge in [-0.1, -0.05) is 0 Å². The van der Waals surface area contributed by atoms with Crippen LogP contribution in [0.5, 0.6) is 0 Å². The van der Waals surface area contributed by atoms with Crippen molar-refractivity contribution in [3.8, 4) is 0 Å². The van der Waals surface area contributed by atoms with Gasteiger partial charge in [-0.2, -0.15) is 13.2 Å². The van der Waals surface area contributed by atoms with E-state index in [1.54, 1.807) is 19.2 Å². The van der Waals surface area contributed by atoms with E-state index in [9.17, 15) is 17.6 Å². The first-order chi connectivity index (χ1) is 14.3. The van der Waals surface area contributed by atoms with Gasteiger partial charge in [0.2, 0.25) is 0 Å². The molecule has 0 bridgehead atoms. The summed E-state index contributed by atoms with van der Waals surface area (Å²) in [5, 5.41) is 6.48. The summed E-state index contributed by atoms with van der Waals surface area (Å²) in [4.78, 5) is 10.2. The number of hydrogen-bond donors (Lipinski definition) is 2. The maximum absolute atomic E-state index is 13.1. The first-order valence-corrected chi connectivity index (χ1v) is 10.3. The third-order valence-electron chi connectivity index (χ3n) is 5.52. The molecule has 2 heterocycles. The predicted octanol–water partition coefficient (Wildman–Crippen LogP) is 1.75.